The molecule has 0 aliphatic rings. The van der Waals surface area contributed by atoms with Crippen LogP contribution in [0, 0.1) is 13.8 Å². The summed E-state index contributed by atoms with van der Waals surface area (Å²) in [5.74, 6) is -0.425. The molecule has 19 heavy (non-hydrogen) atoms. The third kappa shape index (κ3) is 3.32. The van der Waals surface area contributed by atoms with E-state index in [1.165, 1.54) is 22.4 Å². The fourth-order valence-corrected chi connectivity index (χ4v) is 2.68. The van der Waals surface area contributed by atoms with Crippen LogP contribution in [0.15, 0.2) is 24.4 Å². The van der Waals surface area contributed by atoms with Gasteiger partial charge in [0, 0.05) is 28.2 Å². The van der Waals surface area contributed by atoms with Gasteiger partial charge in [-0.1, -0.05) is 0 Å². The third-order valence-electron chi connectivity index (χ3n) is 2.84. The molecule has 1 N–H and O–H groups in total. The van der Waals surface area contributed by atoms with E-state index in [0.717, 1.165) is 12.2 Å². The van der Waals surface area contributed by atoms with Crippen LogP contribution < -0.4 is 5.32 Å². The molecule has 2 aromatic heterocycles. The van der Waals surface area contributed by atoms with Crippen molar-refractivity contribution in [3.05, 3.63) is 45.4 Å². The van der Waals surface area contributed by atoms with E-state index < -0.39 is 5.97 Å². The first-order chi connectivity index (χ1) is 9.10. The number of esters is 1. The van der Waals surface area contributed by atoms with Gasteiger partial charge < -0.3 is 10.1 Å². The number of nitrogens with zero attached hydrogens (tertiary/aromatic N) is 1. The Morgan fingerprint density at radius 1 is 1.42 bits per heavy atom. The second-order valence-corrected chi connectivity index (χ2v) is 5.57. The van der Waals surface area contributed by atoms with Crippen LogP contribution in [0.2, 0.25) is 0 Å². The van der Waals surface area contributed by atoms with Crippen molar-refractivity contribution >= 4 is 23.0 Å². The second kappa shape index (κ2) is 5.84. The molecule has 0 aliphatic carbocycles. The van der Waals surface area contributed by atoms with Crippen LogP contribution in [-0.2, 0) is 11.3 Å². The van der Waals surface area contributed by atoms with Gasteiger partial charge in [-0.2, -0.15) is 0 Å². The lowest BCUT2D eigenvalue weighted by Crippen LogP contribution is -2.05. The Kier molecular flexibility index (Phi) is 4.16. The number of aromatic nitrogens is 1. The molecule has 0 saturated carbocycles. The number of hydrogen-bond acceptors (Lipinski definition) is 5. The number of carbonyl (C=O) groups is 1. The van der Waals surface area contributed by atoms with Gasteiger partial charge in [-0.3, -0.25) is 0 Å². The molecule has 0 aromatic carbocycles. The van der Waals surface area contributed by atoms with E-state index in [1.807, 2.05) is 6.07 Å². The highest BCUT2D eigenvalue weighted by molar-refractivity contribution is 7.12. The minimum atomic E-state index is -0.425. The standard InChI is InChI=1S/C14H16N2O2S/c1-9-6-12(19-10(9)2)8-16-11-4-5-15-13(7-11)14(17)18-3/h4-7H,8H2,1-3H3,(H,15,16). The summed E-state index contributed by atoms with van der Waals surface area (Å²) >= 11 is 1.78. The van der Waals surface area contributed by atoms with Crippen molar-refractivity contribution in [3.8, 4) is 0 Å². The van der Waals surface area contributed by atoms with Crippen LogP contribution in [0.3, 0.4) is 0 Å². The molecule has 2 aromatic rings. The Bertz CT molecular complexity index is 573. The van der Waals surface area contributed by atoms with Crippen molar-refractivity contribution in [2.75, 3.05) is 12.4 Å². The molecule has 0 fully saturated rings. The molecule has 0 aliphatic heterocycles. The van der Waals surface area contributed by atoms with Crippen LogP contribution in [0.1, 0.15) is 25.8 Å². The average molecular weight is 276 g/mol. The number of methoxy groups -OCH3 is 1. The lowest BCUT2D eigenvalue weighted by molar-refractivity contribution is 0.0594. The molecule has 0 spiro atoms. The van der Waals surface area contributed by atoms with Crippen LogP contribution in [-0.4, -0.2) is 18.1 Å². The van der Waals surface area contributed by atoms with Crippen molar-refractivity contribution in [3.63, 3.8) is 0 Å². The van der Waals surface area contributed by atoms with Gasteiger partial charge in [0.25, 0.3) is 0 Å². The van der Waals surface area contributed by atoms with Gasteiger partial charge >= 0.3 is 5.97 Å². The number of anilines is 1. The molecule has 2 rings (SSSR count). The zero-order chi connectivity index (χ0) is 13.8. The van der Waals surface area contributed by atoms with E-state index in [-0.39, 0.29) is 0 Å². The van der Waals surface area contributed by atoms with Gasteiger partial charge in [0.1, 0.15) is 5.69 Å². The van der Waals surface area contributed by atoms with E-state index in [9.17, 15) is 4.79 Å². The van der Waals surface area contributed by atoms with Gasteiger partial charge in [-0.15, -0.1) is 11.3 Å². The highest BCUT2D eigenvalue weighted by Crippen LogP contribution is 2.21. The van der Waals surface area contributed by atoms with Crippen molar-refractivity contribution in [2.24, 2.45) is 0 Å². The summed E-state index contributed by atoms with van der Waals surface area (Å²) in [6.45, 7) is 4.96. The largest absolute Gasteiger partial charge is 0.464 e. The van der Waals surface area contributed by atoms with Gasteiger partial charge in [0.05, 0.1) is 7.11 Å². The number of hydrogen-bond donors (Lipinski definition) is 1. The number of carbonyl (C=O) groups excluding carboxylic acids is 1. The Morgan fingerprint density at radius 2 is 2.21 bits per heavy atom. The molecule has 0 amide bonds. The monoisotopic (exact) mass is 276 g/mol. The van der Waals surface area contributed by atoms with Crippen molar-refractivity contribution < 1.29 is 9.53 Å². The number of aryl methyl sites for hydroxylation is 2. The Balaban J connectivity index is 2.05. The number of ether oxygens (including phenoxy) is 1. The summed E-state index contributed by atoms with van der Waals surface area (Å²) in [5, 5.41) is 3.28. The summed E-state index contributed by atoms with van der Waals surface area (Å²) < 4.78 is 4.65. The third-order valence-corrected chi connectivity index (χ3v) is 3.99. The second-order valence-electron chi connectivity index (χ2n) is 4.23. The molecule has 100 valence electrons. The first kappa shape index (κ1) is 13.5. The number of rotatable bonds is 4. The average Bonchev–Trinajstić information content (AvgIpc) is 2.75. The molecule has 2 heterocycles. The lowest BCUT2D eigenvalue weighted by Gasteiger charge is -2.05. The van der Waals surface area contributed by atoms with E-state index in [1.54, 1.807) is 23.6 Å². The zero-order valence-corrected chi connectivity index (χ0v) is 12.0. The molecule has 5 heteroatoms. The Morgan fingerprint density at radius 3 is 2.84 bits per heavy atom. The lowest BCUT2D eigenvalue weighted by atomic mass is 10.3. The Labute approximate surface area is 116 Å². The summed E-state index contributed by atoms with van der Waals surface area (Å²) in [6.07, 6.45) is 1.60. The minimum Gasteiger partial charge on any atom is -0.464 e. The molecule has 0 saturated heterocycles. The highest BCUT2D eigenvalue weighted by Gasteiger charge is 2.07. The zero-order valence-electron chi connectivity index (χ0n) is 11.2. The summed E-state index contributed by atoms with van der Waals surface area (Å²) in [7, 11) is 1.35. The SMILES string of the molecule is COC(=O)c1cc(NCc2cc(C)c(C)s2)ccn1. The van der Waals surface area contributed by atoms with Crippen LogP contribution in [0.5, 0.6) is 0 Å². The van der Waals surface area contributed by atoms with Crippen molar-refractivity contribution in [1.29, 1.82) is 0 Å². The molecular weight excluding hydrogens is 260 g/mol. The van der Waals surface area contributed by atoms with E-state index >= 15 is 0 Å². The van der Waals surface area contributed by atoms with Gasteiger partial charge in [-0.05, 0) is 37.6 Å². The summed E-state index contributed by atoms with van der Waals surface area (Å²) in [5.41, 5.74) is 2.48. The fraction of sp³-hybridized carbons (Fsp3) is 0.286. The van der Waals surface area contributed by atoms with Crippen LogP contribution >= 0.6 is 11.3 Å². The van der Waals surface area contributed by atoms with E-state index in [0.29, 0.717) is 5.69 Å². The topological polar surface area (TPSA) is 51.2 Å². The number of thiophene rings is 1. The summed E-state index contributed by atoms with van der Waals surface area (Å²) in [6, 6.07) is 5.70. The first-order valence-electron chi connectivity index (χ1n) is 5.94. The molecular formula is C14H16N2O2S. The highest BCUT2D eigenvalue weighted by atomic mass is 32.1. The fourth-order valence-electron chi connectivity index (χ4n) is 1.68. The number of nitrogens with one attached hydrogen (secondary N) is 1. The van der Waals surface area contributed by atoms with Gasteiger partial charge in [0.15, 0.2) is 0 Å². The van der Waals surface area contributed by atoms with Gasteiger partial charge in [0.2, 0.25) is 0 Å². The number of pyridine rings is 1. The molecule has 0 bridgehead atoms. The van der Waals surface area contributed by atoms with Crippen molar-refractivity contribution in [2.45, 2.75) is 20.4 Å². The predicted molar refractivity (Wildman–Crippen MR) is 76.7 cm³/mol. The quantitative estimate of drug-likeness (QED) is 0.872. The Hall–Kier alpha value is -1.88. The normalized spacial score (nSPS) is 10.3. The molecule has 4 nitrogen and oxygen atoms in total. The smallest absolute Gasteiger partial charge is 0.356 e. The predicted octanol–water partition coefficient (Wildman–Crippen LogP) is 3.16. The summed E-state index contributed by atoms with van der Waals surface area (Å²) in [4.78, 5) is 18.0. The van der Waals surface area contributed by atoms with E-state index in [2.05, 4.69) is 35.0 Å². The van der Waals surface area contributed by atoms with Gasteiger partial charge in [-0.25, -0.2) is 9.78 Å². The van der Waals surface area contributed by atoms with Crippen LogP contribution in [0.25, 0.3) is 0 Å². The maximum Gasteiger partial charge on any atom is 0.356 e. The molecule has 0 unspecified atom stereocenters. The van der Waals surface area contributed by atoms with Crippen molar-refractivity contribution in [1.82, 2.24) is 4.98 Å². The maximum absolute atomic E-state index is 11.4. The molecule has 0 atom stereocenters. The van der Waals surface area contributed by atoms with E-state index in [4.69, 9.17) is 0 Å². The first-order valence-corrected chi connectivity index (χ1v) is 6.76. The molecule has 0 radical (unpaired) electrons. The van der Waals surface area contributed by atoms with Crippen LogP contribution in [0.4, 0.5) is 5.69 Å². The minimum absolute atomic E-state index is 0.311. The maximum atomic E-state index is 11.4.